The standard InChI is InChI=1S/C13H14N4OS.CH4/c1-3-16-12(15-2)10(11(14)18)13(19)17-9-7-5-4-6-8-9;/h3-8,10H,1-2H2,(H2,14,18)(H,17,19);1H4. The van der Waals surface area contributed by atoms with Crippen LogP contribution in [0.15, 0.2) is 53.1 Å². The summed E-state index contributed by atoms with van der Waals surface area (Å²) in [6, 6.07) is 9.19. The average molecular weight is 290 g/mol. The topological polar surface area (TPSA) is 79.8 Å². The lowest BCUT2D eigenvalue weighted by Crippen LogP contribution is -2.38. The molecule has 3 N–H and O–H groups in total. The molecule has 0 bridgehead atoms. The van der Waals surface area contributed by atoms with Crippen molar-refractivity contribution in [2.75, 3.05) is 5.32 Å². The molecule has 0 aromatic heterocycles. The summed E-state index contributed by atoms with van der Waals surface area (Å²) in [6.07, 6.45) is 1.26. The van der Waals surface area contributed by atoms with Crippen LogP contribution in [-0.4, -0.2) is 23.4 Å². The lowest BCUT2D eigenvalue weighted by Gasteiger charge is -2.15. The van der Waals surface area contributed by atoms with Gasteiger partial charge in [-0.1, -0.05) is 44.4 Å². The van der Waals surface area contributed by atoms with E-state index in [4.69, 9.17) is 18.0 Å². The lowest BCUT2D eigenvalue weighted by molar-refractivity contribution is -0.118. The maximum absolute atomic E-state index is 11.5. The number of nitrogens with zero attached hydrogens (tertiary/aromatic N) is 2. The maximum atomic E-state index is 11.5. The third-order valence-electron chi connectivity index (χ3n) is 2.23. The van der Waals surface area contributed by atoms with Gasteiger partial charge in [0, 0.05) is 11.9 Å². The molecule has 0 aliphatic carbocycles. The molecule has 0 aliphatic heterocycles. The monoisotopic (exact) mass is 290 g/mol. The molecule has 1 amide bonds. The Morgan fingerprint density at radius 2 is 2.00 bits per heavy atom. The number of carbonyl (C=O) groups excluding carboxylic acids is 1. The van der Waals surface area contributed by atoms with Crippen molar-refractivity contribution in [2.45, 2.75) is 7.43 Å². The first-order valence-electron chi connectivity index (χ1n) is 5.40. The number of anilines is 1. The number of hydrogen-bond acceptors (Lipinski definition) is 3. The molecule has 0 spiro atoms. The Morgan fingerprint density at radius 3 is 2.45 bits per heavy atom. The first-order chi connectivity index (χ1) is 9.10. The zero-order valence-corrected chi connectivity index (χ0v) is 11.1. The van der Waals surface area contributed by atoms with Gasteiger partial charge in [0.15, 0.2) is 0 Å². The maximum Gasteiger partial charge on any atom is 0.235 e. The van der Waals surface area contributed by atoms with Crippen LogP contribution in [0.2, 0.25) is 0 Å². The molecule has 0 saturated carbocycles. The van der Waals surface area contributed by atoms with Gasteiger partial charge in [-0.15, -0.1) is 0 Å². The smallest absolute Gasteiger partial charge is 0.235 e. The van der Waals surface area contributed by atoms with Gasteiger partial charge in [-0.2, -0.15) is 0 Å². The highest BCUT2D eigenvalue weighted by molar-refractivity contribution is 7.80. The summed E-state index contributed by atoms with van der Waals surface area (Å²) in [7, 11) is 0. The van der Waals surface area contributed by atoms with E-state index in [9.17, 15) is 4.79 Å². The number of amides is 1. The zero-order valence-electron chi connectivity index (χ0n) is 10.2. The summed E-state index contributed by atoms with van der Waals surface area (Å²) >= 11 is 5.18. The Bertz CT molecular complexity index is 525. The van der Waals surface area contributed by atoms with Gasteiger partial charge in [-0.3, -0.25) is 4.79 Å². The Kier molecular flexibility index (Phi) is 7.69. The second kappa shape index (κ2) is 8.71. The van der Waals surface area contributed by atoms with Gasteiger partial charge >= 0.3 is 0 Å². The Balaban J connectivity index is 0.00000361. The molecule has 0 aliphatic rings. The van der Waals surface area contributed by atoms with Gasteiger partial charge in [-0.05, 0) is 18.9 Å². The highest BCUT2D eigenvalue weighted by Gasteiger charge is 2.26. The van der Waals surface area contributed by atoms with Crippen LogP contribution in [-0.2, 0) is 4.79 Å². The second-order valence-electron chi connectivity index (χ2n) is 3.52. The summed E-state index contributed by atoms with van der Waals surface area (Å²) in [5, 5.41) is 2.92. The SMILES string of the molecule is C.C=CN=C(N=C)C(C(N)=O)C(=S)Nc1ccccc1. The minimum atomic E-state index is -0.939. The van der Waals surface area contributed by atoms with E-state index in [-0.39, 0.29) is 18.3 Å². The molecule has 106 valence electrons. The van der Waals surface area contributed by atoms with Gasteiger partial charge in [0.1, 0.15) is 16.7 Å². The molecule has 20 heavy (non-hydrogen) atoms. The highest BCUT2D eigenvalue weighted by Crippen LogP contribution is 2.11. The Morgan fingerprint density at radius 1 is 1.40 bits per heavy atom. The van der Waals surface area contributed by atoms with Gasteiger partial charge < -0.3 is 11.1 Å². The van der Waals surface area contributed by atoms with Crippen LogP contribution in [0, 0.1) is 5.92 Å². The Labute approximate surface area is 124 Å². The fraction of sp³-hybridized carbons (Fsp3) is 0.143. The second-order valence-corrected chi connectivity index (χ2v) is 3.96. The van der Waals surface area contributed by atoms with E-state index in [1.54, 1.807) is 0 Å². The molecule has 5 nitrogen and oxygen atoms in total. The summed E-state index contributed by atoms with van der Waals surface area (Å²) < 4.78 is 0. The highest BCUT2D eigenvalue weighted by atomic mass is 32.1. The molecule has 1 unspecified atom stereocenters. The third-order valence-corrected chi connectivity index (χ3v) is 2.57. The molecule has 0 saturated heterocycles. The van der Waals surface area contributed by atoms with Crippen molar-refractivity contribution in [2.24, 2.45) is 21.6 Å². The van der Waals surface area contributed by atoms with Crippen molar-refractivity contribution >= 4 is 41.4 Å². The van der Waals surface area contributed by atoms with E-state index in [0.29, 0.717) is 0 Å². The van der Waals surface area contributed by atoms with E-state index in [2.05, 4.69) is 28.6 Å². The number of primary amides is 1. The number of nitrogens with one attached hydrogen (secondary N) is 1. The molecule has 1 aromatic rings. The van der Waals surface area contributed by atoms with Crippen molar-refractivity contribution in [3.63, 3.8) is 0 Å². The molecular weight excluding hydrogens is 272 g/mol. The molecule has 0 radical (unpaired) electrons. The molecule has 1 aromatic carbocycles. The summed E-state index contributed by atoms with van der Waals surface area (Å²) in [5.74, 6) is -1.47. The molecular formula is C14H18N4OS. The molecule has 0 heterocycles. The normalized spacial score (nSPS) is 11.7. The third kappa shape index (κ3) is 4.74. The minimum Gasteiger partial charge on any atom is -0.369 e. The van der Waals surface area contributed by atoms with Crippen LogP contribution in [0.5, 0.6) is 0 Å². The molecule has 6 heteroatoms. The van der Waals surface area contributed by atoms with Crippen LogP contribution in [0.1, 0.15) is 7.43 Å². The Hall–Kier alpha value is -2.34. The van der Waals surface area contributed by atoms with Gasteiger partial charge in [-0.25, -0.2) is 9.98 Å². The lowest BCUT2D eigenvalue weighted by atomic mass is 10.1. The summed E-state index contributed by atoms with van der Waals surface area (Å²) in [6.45, 7) is 6.79. The molecule has 1 atom stereocenters. The van der Waals surface area contributed by atoms with E-state index < -0.39 is 11.8 Å². The van der Waals surface area contributed by atoms with Crippen molar-refractivity contribution in [1.29, 1.82) is 0 Å². The number of nitrogens with two attached hydrogens (primary N) is 1. The van der Waals surface area contributed by atoms with Crippen LogP contribution >= 0.6 is 12.2 Å². The molecule has 0 fully saturated rings. The molecule has 1 rings (SSSR count). The van der Waals surface area contributed by atoms with Crippen LogP contribution in [0.3, 0.4) is 0 Å². The fourth-order valence-electron chi connectivity index (χ4n) is 1.41. The first kappa shape index (κ1) is 17.7. The van der Waals surface area contributed by atoms with Crippen LogP contribution in [0.25, 0.3) is 0 Å². The number of amidine groups is 1. The van der Waals surface area contributed by atoms with E-state index in [1.807, 2.05) is 30.3 Å². The number of hydrogen-bond donors (Lipinski definition) is 2. The van der Waals surface area contributed by atoms with Crippen molar-refractivity contribution in [3.8, 4) is 0 Å². The van der Waals surface area contributed by atoms with E-state index >= 15 is 0 Å². The minimum absolute atomic E-state index is 0. The van der Waals surface area contributed by atoms with Crippen molar-refractivity contribution in [3.05, 3.63) is 43.1 Å². The van der Waals surface area contributed by atoms with Crippen LogP contribution in [0.4, 0.5) is 5.69 Å². The summed E-state index contributed by atoms with van der Waals surface area (Å²) in [5.41, 5.74) is 6.08. The van der Waals surface area contributed by atoms with Gasteiger partial charge in [0.05, 0.1) is 0 Å². The fourth-order valence-corrected chi connectivity index (χ4v) is 1.75. The largest absolute Gasteiger partial charge is 0.369 e. The summed E-state index contributed by atoms with van der Waals surface area (Å²) in [4.78, 5) is 19.2. The first-order valence-corrected chi connectivity index (χ1v) is 5.81. The predicted molar refractivity (Wildman–Crippen MR) is 89.3 cm³/mol. The number of benzene rings is 1. The number of aliphatic imine (C=N–C) groups is 2. The predicted octanol–water partition coefficient (Wildman–Crippen LogP) is 2.41. The number of para-hydroxylation sites is 1. The average Bonchev–Trinajstić information content (AvgIpc) is 2.38. The van der Waals surface area contributed by atoms with Gasteiger partial charge in [0.2, 0.25) is 5.91 Å². The van der Waals surface area contributed by atoms with Crippen molar-refractivity contribution in [1.82, 2.24) is 0 Å². The quantitative estimate of drug-likeness (QED) is 0.496. The number of thiocarbonyl (C=S) groups is 1. The number of rotatable bonds is 5. The van der Waals surface area contributed by atoms with Crippen LogP contribution < -0.4 is 11.1 Å². The van der Waals surface area contributed by atoms with Crippen molar-refractivity contribution < 1.29 is 4.79 Å². The zero-order chi connectivity index (χ0) is 14.3. The number of carbonyl (C=O) groups is 1. The van der Waals surface area contributed by atoms with E-state index in [0.717, 1.165) is 5.69 Å². The van der Waals surface area contributed by atoms with Gasteiger partial charge in [0.25, 0.3) is 0 Å². The van der Waals surface area contributed by atoms with E-state index in [1.165, 1.54) is 6.20 Å².